The van der Waals surface area contributed by atoms with E-state index < -0.39 is 0 Å². The highest BCUT2D eigenvalue weighted by atomic mass is 16.1. The predicted molar refractivity (Wildman–Crippen MR) is 109 cm³/mol. The molecule has 1 aromatic carbocycles. The van der Waals surface area contributed by atoms with Crippen molar-refractivity contribution in [2.45, 2.75) is 13.5 Å². The first-order valence-corrected chi connectivity index (χ1v) is 9.14. The zero-order valence-corrected chi connectivity index (χ0v) is 15.9. The van der Waals surface area contributed by atoms with Crippen LogP contribution in [0.1, 0.15) is 12.5 Å². The van der Waals surface area contributed by atoms with Crippen LogP contribution in [0.15, 0.2) is 53.7 Å². The van der Waals surface area contributed by atoms with E-state index >= 15 is 0 Å². The quantitative estimate of drug-likeness (QED) is 0.639. The van der Waals surface area contributed by atoms with E-state index in [0.29, 0.717) is 6.54 Å². The summed E-state index contributed by atoms with van der Waals surface area (Å²) < 4.78 is 0. The lowest BCUT2D eigenvalue weighted by Crippen LogP contribution is -2.52. The SMILES string of the molecule is CN=C(NCc1cccc(NC(C)=O)c1)N1CCN(c2ccccn2)CC1. The summed E-state index contributed by atoms with van der Waals surface area (Å²) in [5, 5.41) is 6.23. The van der Waals surface area contributed by atoms with E-state index in [1.807, 2.05) is 48.7 Å². The minimum Gasteiger partial charge on any atom is -0.353 e. The topological polar surface area (TPSA) is 72.9 Å². The number of carbonyl (C=O) groups excluding carboxylic acids is 1. The number of hydrogen-bond acceptors (Lipinski definition) is 4. The molecule has 0 bridgehead atoms. The van der Waals surface area contributed by atoms with Gasteiger partial charge in [-0.2, -0.15) is 0 Å². The van der Waals surface area contributed by atoms with Crippen molar-refractivity contribution < 1.29 is 4.79 Å². The molecule has 0 unspecified atom stereocenters. The highest BCUT2D eigenvalue weighted by Crippen LogP contribution is 2.13. The van der Waals surface area contributed by atoms with Gasteiger partial charge in [0.1, 0.15) is 5.82 Å². The Bertz CT molecular complexity index is 784. The van der Waals surface area contributed by atoms with Crippen LogP contribution in [0.25, 0.3) is 0 Å². The van der Waals surface area contributed by atoms with Crippen LogP contribution in [-0.4, -0.2) is 55.0 Å². The number of nitrogens with one attached hydrogen (secondary N) is 2. The molecular formula is C20H26N6O. The van der Waals surface area contributed by atoms with Gasteiger partial charge in [-0.25, -0.2) is 4.98 Å². The van der Waals surface area contributed by atoms with Crippen molar-refractivity contribution in [1.82, 2.24) is 15.2 Å². The number of aromatic nitrogens is 1. The first-order valence-electron chi connectivity index (χ1n) is 9.14. The van der Waals surface area contributed by atoms with Crippen LogP contribution in [0.5, 0.6) is 0 Å². The Morgan fingerprint density at radius 1 is 1.15 bits per heavy atom. The molecule has 1 amide bonds. The number of nitrogens with zero attached hydrogens (tertiary/aromatic N) is 4. The van der Waals surface area contributed by atoms with E-state index in [0.717, 1.165) is 49.2 Å². The molecule has 2 N–H and O–H groups in total. The zero-order chi connectivity index (χ0) is 19.1. The maximum atomic E-state index is 11.2. The van der Waals surface area contributed by atoms with Gasteiger partial charge in [-0.3, -0.25) is 9.79 Å². The van der Waals surface area contributed by atoms with Crippen LogP contribution < -0.4 is 15.5 Å². The van der Waals surface area contributed by atoms with Crippen LogP contribution in [0.3, 0.4) is 0 Å². The van der Waals surface area contributed by atoms with Crippen LogP contribution >= 0.6 is 0 Å². The largest absolute Gasteiger partial charge is 0.353 e. The van der Waals surface area contributed by atoms with Crippen LogP contribution in [0.4, 0.5) is 11.5 Å². The number of benzene rings is 1. The zero-order valence-electron chi connectivity index (χ0n) is 15.9. The molecule has 142 valence electrons. The summed E-state index contributed by atoms with van der Waals surface area (Å²) in [4.78, 5) is 24.6. The number of guanidine groups is 1. The van der Waals surface area contributed by atoms with Crippen molar-refractivity contribution in [3.05, 3.63) is 54.2 Å². The Hall–Kier alpha value is -3.09. The smallest absolute Gasteiger partial charge is 0.221 e. The van der Waals surface area contributed by atoms with Crippen molar-refractivity contribution in [3.8, 4) is 0 Å². The summed E-state index contributed by atoms with van der Waals surface area (Å²) in [6.07, 6.45) is 1.83. The number of amides is 1. The first-order chi connectivity index (χ1) is 13.2. The van der Waals surface area contributed by atoms with Crippen molar-refractivity contribution in [3.63, 3.8) is 0 Å². The molecule has 3 rings (SSSR count). The van der Waals surface area contributed by atoms with E-state index in [-0.39, 0.29) is 5.91 Å². The molecule has 1 aromatic heterocycles. The number of piperazine rings is 1. The number of carbonyl (C=O) groups is 1. The summed E-state index contributed by atoms with van der Waals surface area (Å²) in [6.45, 7) is 5.77. The summed E-state index contributed by atoms with van der Waals surface area (Å²) in [5.74, 6) is 1.84. The third-order valence-electron chi connectivity index (χ3n) is 4.46. The second-order valence-corrected chi connectivity index (χ2v) is 6.44. The molecule has 0 aliphatic carbocycles. The van der Waals surface area contributed by atoms with Gasteiger partial charge in [-0.05, 0) is 29.8 Å². The molecule has 2 heterocycles. The third kappa shape index (κ3) is 5.20. The van der Waals surface area contributed by atoms with Crippen molar-refractivity contribution in [1.29, 1.82) is 0 Å². The second kappa shape index (κ2) is 9.02. The van der Waals surface area contributed by atoms with E-state index in [1.54, 1.807) is 7.05 Å². The molecule has 7 heteroatoms. The molecular weight excluding hydrogens is 340 g/mol. The number of pyridine rings is 1. The van der Waals surface area contributed by atoms with Gasteiger partial charge in [-0.1, -0.05) is 18.2 Å². The Balaban J connectivity index is 1.54. The van der Waals surface area contributed by atoms with Gasteiger partial charge in [0.15, 0.2) is 5.96 Å². The number of anilines is 2. The number of hydrogen-bond donors (Lipinski definition) is 2. The molecule has 2 aromatic rings. The summed E-state index contributed by atoms with van der Waals surface area (Å²) in [6, 6.07) is 13.8. The van der Waals surface area contributed by atoms with Gasteiger partial charge in [-0.15, -0.1) is 0 Å². The van der Waals surface area contributed by atoms with Gasteiger partial charge in [0.25, 0.3) is 0 Å². The monoisotopic (exact) mass is 366 g/mol. The van der Waals surface area contributed by atoms with E-state index in [2.05, 4.69) is 30.4 Å². The molecule has 7 nitrogen and oxygen atoms in total. The molecule has 1 aliphatic rings. The minimum absolute atomic E-state index is 0.0679. The van der Waals surface area contributed by atoms with Crippen LogP contribution in [0, 0.1) is 0 Å². The standard InChI is InChI=1S/C20H26N6O/c1-16(27)24-18-7-5-6-17(14-18)15-23-20(21-2)26-12-10-25(11-13-26)19-8-3-4-9-22-19/h3-9,14H,10-13,15H2,1-2H3,(H,21,23)(H,24,27). The molecule has 27 heavy (non-hydrogen) atoms. The fraction of sp³-hybridized carbons (Fsp3) is 0.350. The van der Waals surface area contributed by atoms with Crippen LogP contribution in [-0.2, 0) is 11.3 Å². The van der Waals surface area contributed by atoms with Gasteiger partial charge >= 0.3 is 0 Å². The Kier molecular flexibility index (Phi) is 6.25. The maximum Gasteiger partial charge on any atom is 0.221 e. The normalized spacial score (nSPS) is 14.8. The first kappa shape index (κ1) is 18.7. The van der Waals surface area contributed by atoms with E-state index in [9.17, 15) is 4.79 Å². The fourth-order valence-corrected chi connectivity index (χ4v) is 3.16. The minimum atomic E-state index is -0.0679. The van der Waals surface area contributed by atoms with E-state index in [1.165, 1.54) is 6.92 Å². The Labute approximate surface area is 160 Å². The summed E-state index contributed by atoms with van der Waals surface area (Å²) in [5.41, 5.74) is 1.90. The second-order valence-electron chi connectivity index (χ2n) is 6.44. The molecule has 1 aliphatic heterocycles. The van der Waals surface area contributed by atoms with Gasteiger partial charge < -0.3 is 20.4 Å². The van der Waals surface area contributed by atoms with E-state index in [4.69, 9.17) is 0 Å². The highest BCUT2D eigenvalue weighted by molar-refractivity contribution is 5.88. The molecule has 0 radical (unpaired) electrons. The average Bonchev–Trinajstić information content (AvgIpc) is 2.69. The third-order valence-corrected chi connectivity index (χ3v) is 4.46. The summed E-state index contributed by atoms with van der Waals surface area (Å²) >= 11 is 0. The lowest BCUT2D eigenvalue weighted by atomic mass is 10.2. The van der Waals surface area contributed by atoms with Gasteiger partial charge in [0.05, 0.1) is 0 Å². The van der Waals surface area contributed by atoms with Crippen molar-refractivity contribution >= 4 is 23.4 Å². The van der Waals surface area contributed by atoms with Crippen LogP contribution in [0.2, 0.25) is 0 Å². The molecule has 1 fully saturated rings. The van der Waals surface area contributed by atoms with Gasteiger partial charge in [0.2, 0.25) is 5.91 Å². The Morgan fingerprint density at radius 2 is 1.96 bits per heavy atom. The highest BCUT2D eigenvalue weighted by Gasteiger charge is 2.20. The lowest BCUT2D eigenvalue weighted by Gasteiger charge is -2.37. The summed E-state index contributed by atoms with van der Waals surface area (Å²) in [7, 11) is 1.81. The van der Waals surface area contributed by atoms with Crippen molar-refractivity contribution in [2.75, 3.05) is 43.4 Å². The number of aliphatic imine (C=N–C) groups is 1. The van der Waals surface area contributed by atoms with Gasteiger partial charge in [0, 0.05) is 58.6 Å². The maximum absolute atomic E-state index is 11.2. The van der Waals surface area contributed by atoms with Crippen molar-refractivity contribution in [2.24, 2.45) is 4.99 Å². The molecule has 0 atom stereocenters. The predicted octanol–water partition coefficient (Wildman–Crippen LogP) is 1.94. The Morgan fingerprint density at radius 3 is 2.63 bits per heavy atom. The molecule has 0 spiro atoms. The number of rotatable bonds is 4. The lowest BCUT2D eigenvalue weighted by molar-refractivity contribution is -0.114. The molecule has 0 saturated carbocycles. The molecule has 1 saturated heterocycles. The fourth-order valence-electron chi connectivity index (χ4n) is 3.16. The average molecular weight is 366 g/mol.